The van der Waals surface area contributed by atoms with E-state index in [-0.39, 0.29) is 36.8 Å². The number of carbonyl (C=O) groups is 1. The first-order chi connectivity index (χ1) is 10.8. The molecule has 2 aromatic rings. The molecule has 3 rings (SSSR count). The van der Waals surface area contributed by atoms with Gasteiger partial charge in [0.2, 0.25) is 5.88 Å². The van der Waals surface area contributed by atoms with Crippen molar-refractivity contribution in [1.82, 2.24) is 20.6 Å². The summed E-state index contributed by atoms with van der Waals surface area (Å²) in [5.74, 6) is 0.879. The van der Waals surface area contributed by atoms with E-state index in [0.29, 0.717) is 17.2 Å². The Hall–Kier alpha value is -1.89. The van der Waals surface area contributed by atoms with Crippen LogP contribution in [0.15, 0.2) is 42.9 Å². The monoisotopic (exact) mass is 370 g/mol. The smallest absolute Gasteiger partial charge is 0.251 e. The van der Waals surface area contributed by atoms with E-state index >= 15 is 0 Å². The number of rotatable bonds is 4. The fourth-order valence-electron chi connectivity index (χ4n) is 2.40. The van der Waals surface area contributed by atoms with Gasteiger partial charge < -0.3 is 15.4 Å². The summed E-state index contributed by atoms with van der Waals surface area (Å²) >= 11 is 0. The lowest BCUT2D eigenvalue weighted by molar-refractivity contribution is 0.0930. The average molecular weight is 371 g/mol. The topological polar surface area (TPSA) is 76.1 Å². The summed E-state index contributed by atoms with van der Waals surface area (Å²) in [5, 5.41) is 6.32. The van der Waals surface area contributed by atoms with Crippen molar-refractivity contribution < 1.29 is 9.53 Å². The molecular formula is C16H20Cl2N4O2. The second-order valence-corrected chi connectivity index (χ2v) is 5.19. The van der Waals surface area contributed by atoms with Gasteiger partial charge in [0.15, 0.2) is 0 Å². The number of carbonyl (C=O) groups excluding carboxylic acids is 1. The first kappa shape index (κ1) is 20.2. The lowest BCUT2D eigenvalue weighted by Crippen LogP contribution is -2.45. The molecule has 0 aliphatic carbocycles. The highest BCUT2D eigenvalue weighted by molar-refractivity contribution is 5.94. The van der Waals surface area contributed by atoms with Crippen LogP contribution in [0.2, 0.25) is 0 Å². The number of piperidine rings is 1. The van der Waals surface area contributed by atoms with Crippen LogP contribution in [-0.2, 0) is 0 Å². The minimum Gasteiger partial charge on any atom is -0.437 e. The SMILES string of the molecule is Cl.Cl.O=C(NC1CCCNC1)c1cccc(Oc2cnccn2)c1. The highest BCUT2D eigenvalue weighted by Gasteiger charge is 2.16. The Bertz CT molecular complexity index is 637. The largest absolute Gasteiger partial charge is 0.437 e. The highest BCUT2D eigenvalue weighted by Crippen LogP contribution is 2.19. The van der Waals surface area contributed by atoms with Gasteiger partial charge in [-0.15, -0.1) is 24.8 Å². The summed E-state index contributed by atoms with van der Waals surface area (Å²) in [5.41, 5.74) is 0.576. The normalized spacial score (nSPS) is 16.2. The van der Waals surface area contributed by atoms with Crippen LogP contribution in [0.4, 0.5) is 0 Å². The molecule has 1 amide bonds. The molecule has 130 valence electrons. The molecule has 0 radical (unpaired) electrons. The molecule has 1 unspecified atom stereocenters. The maximum atomic E-state index is 12.3. The fourth-order valence-corrected chi connectivity index (χ4v) is 2.40. The van der Waals surface area contributed by atoms with Gasteiger partial charge in [0.1, 0.15) is 5.75 Å². The molecule has 1 aromatic carbocycles. The quantitative estimate of drug-likeness (QED) is 0.864. The lowest BCUT2D eigenvalue weighted by atomic mass is 10.1. The van der Waals surface area contributed by atoms with E-state index in [4.69, 9.17) is 4.74 Å². The van der Waals surface area contributed by atoms with Gasteiger partial charge in [-0.2, -0.15) is 0 Å². The van der Waals surface area contributed by atoms with Crippen LogP contribution in [-0.4, -0.2) is 35.0 Å². The number of nitrogens with zero attached hydrogens (tertiary/aromatic N) is 2. The molecule has 1 atom stereocenters. The number of hydrogen-bond donors (Lipinski definition) is 2. The van der Waals surface area contributed by atoms with E-state index < -0.39 is 0 Å². The number of nitrogens with one attached hydrogen (secondary N) is 2. The number of benzene rings is 1. The Morgan fingerprint density at radius 1 is 1.29 bits per heavy atom. The molecule has 1 aromatic heterocycles. The van der Waals surface area contributed by atoms with Crippen molar-refractivity contribution in [2.24, 2.45) is 0 Å². The Balaban J connectivity index is 0.00000144. The van der Waals surface area contributed by atoms with Gasteiger partial charge in [-0.3, -0.25) is 9.78 Å². The summed E-state index contributed by atoms with van der Waals surface area (Å²) in [6.45, 7) is 1.84. The summed E-state index contributed by atoms with van der Waals surface area (Å²) in [7, 11) is 0. The van der Waals surface area contributed by atoms with Gasteiger partial charge in [0.25, 0.3) is 5.91 Å². The number of ether oxygens (including phenoxy) is 1. The van der Waals surface area contributed by atoms with Crippen LogP contribution in [0.5, 0.6) is 11.6 Å². The third kappa shape index (κ3) is 5.63. The zero-order chi connectivity index (χ0) is 15.2. The number of halogens is 2. The molecule has 1 fully saturated rings. The summed E-state index contributed by atoms with van der Waals surface area (Å²) in [6.07, 6.45) is 6.76. The standard InChI is InChI=1S/C16H18N4O2.2ClH/c21-16(20-13-4-2-6-17-10-13)12-3-1-5-14(9-12)22-15-11-18-7-8-19-15;;/h1,3,5,7-9,11,13,17H,2,4,6,10H2,(H,20,21);2*1H. The molecule has 0 bridgehead atoms. The van der Waals surface area contributed by atoms with Crippen LogP contribution in [0.3, 0.4) is 0 Å². The third-order valence-electron chi connectivity index (χ3n) is 3.49. The van der Waals surface area contributed by atoms with Crippen LogP contribution in [0.25, 0.3) is 0 Å². The average Bonchev–Trinajstić information content (AvgIpc) is 2.57. The molecule has 1 aliphatic rings. The fraction of sp³-hybridized carbons (Fsp3) is 0.312. The maximum Gasteiger partial charge on any atom is 0.251 e. The minimum absolute atomic E-state index is 0. The molecular weight excluding hydrogens is 351 g/mol. The Labute approximate surface area is 153 Å². The molecule has 2 N–H and O–H groups in total. The van der Waals surface area contributed by atoms with Gasteiger partial charge in [-0.25, -0.2) is 4.98 Å². The zero-order valence-electron chi connectivity index (χ0n) is 13.0. The molecule has 6 nitrogen and oxygen atoms in total. The van der Waals surface area contributed by atoms with Gasteiger partial charge in [-0.1, -0.05) is 6.07 Å². The number of hydrogen-bond acceptors (Lipinski definition) is 5. The second-order valence-electron chi connectivity index (χ2n) is 5.19. The molecule has 2 heterocycles. The van der Waals surface area contributed by atoms with Crippen molar-refractivity contribution in [2.45, 2.75) is 18.9 Å². The predicted molar refractivity (Wildman–Crippen MR) is 96.4 cm³/mol. The first-order valence-corrected chi connectivity index (χ1v) is 7.37. The van der Waals surface area contributed by atoms with Gasteiger partial charge >= 0.3 is 0 Å². The summed E-state index contributed by atoms with van der Waals surface area (Å²) in [4.78, 5) is 20.3. The molecule has 8 heteroatoms. The van der Waals surface area contributed by atoms with E-state index in [2.05, 4.69) is 20.6 Å². The Morgan fingerprint density at radius 3 is 2.88 bits per heavy atom. The highest BCUT2D eigenvalue weighted by atomic mass is 35.5. The van der Waals surface area contributed by atoms with Gasteiger partial charge in [0.05, 0.1) is 6.20 Å². The van der Waals surface area contributed by atoms with E-state index in [1.54, 1.807) is 36.7 Å². The Kier molecular flexibility index (Phi) is 8.46. The number of amides is 1. The zero-order valence-corrected chi connectivity index (χ0v) is 14.6. The summed E-state index contributed by atoms with van der Waals surface area (Å²) < 4.78 is 5.59. The molecule has 1 aliphatic heterocycles. The predicted octanol–water partition coefficient (Wildman–Crippen LogP) is 2.59. The molecule has 0 saturated carbocycles. The molecule has 0 spiro atoms. The van der Waals surface area contributed by atoms with Crippen LogP contribution in [0.1, 0.15) is 23.2 Å². The first-order valence-electron chi connectivity index (χ1n) is 7.37. The molecule has 24 heavy (non-hydrogen) atoms. The van der Waals surface area contributed by atoms with Crippen molar-refractivity contribution in [3.63, 3.8) is 0 Å². The van der Waals surface area contributed by atoms with E-state index in [0.717, 1.165) is 25.9 Å². The van der Waals surface area contributed by atoms with Crippen molar-refractivity contribution in [2.75, 3.05) is 13.1 Å². The van der Waals surface area contributed by atoms with Crippen LogP contribution >= 0.6 is 24.8 Å². The maximum absolute atomic E-state index is 12.3. The van der Waals surface area contributed by atoms with Gasteiger partial charge in [0, 0.05) is 30.5 Å². The van der Waals surface area contributed by atoms with E-state index in [9.17, 15) is 4.79 Å². The van der Waals surface area contributed by atoms with Crippen LogP contribution < -0.4 is 15.4 Å². The van der Waals surface area contributed by atoms with Crippen molar-refractivity contribution in [1.29, 1.82) is 0 Å². The number of aromatic nitrogens is 2. The lowest BCUT2D eigenvalue weighted by Gasteiger charge is -2.23. The van der Waals surface area contributed by atoms with Crippen molar-refractivity contribution in [3.8, 4) is 11.6 Å². The summed E-state index contributed by atoms with van der Waals surface area (Å²) in [6, 6.07) is 7.24. The third-order valence-corrected chi connectivity index (χ3v) is 3.49. The van der Waals surface area contributed by atoms with Crippen molar-refractivity contribution in [3.05, 3.63) is 48.4 Å². The van der Waals surface area contributed by atoms with Crippen LogP contribution in [0, 0.1) is 0 Å². The molecule has 1 saturated heterocycles. The van der Waals surface area contributed by atoms with E-state index in [1.165, 1.54) is 6.20 Å². The Morgan fingerprint density at radius 2 is 2.17 bits per heavy atom. The van der Waals surface area contributed by atoms with Crippen molar-refractivity contribution >= 4 is 30.7 Å². The van der Waals surface area contributed by atoms with Gasteiger partial charge in [-0.05, 0) is 37.6 Å². The second kappa shape index (κ2) is 10.1. The van der Waals surface area contributed by atoms with E-state index in [1.807, 2.05) is 0 Å². The minimum atomic E-state index is -0.0849.